The molecule has 1 aliphatic heterocycles. The number of para-hydroxylation sites is 1. The largest absolute Gasteiger partial charge is 0.494 e. The van der Waals surface area contributed by atoms with Gasteiger partial charge in [0.15, 0.2) is 0 Å². The molecule has 0 amide bonds. The zero-order valence-corrected chi connectivity index (χ0v) is 23.6. The number of hydrogen-bond acceptors (Lipinski definition) is 3. The van der Waals surface area contributed by atoms with Gasteiger partial charge in [0.25, 0.3) is 0 Å². The summed E-state index contributed by atoms with van der Waals surface area (Å²) in [6.45, 7) is 8.43. The van der Waals surface area contributed by atoms with E-state index in [0.717, 1.165) is 22.0 Å². The highest BCUT2D eigenvalue weighted by Crippen LogP contribution is 2.64. The first-order valence-corrected chi connectivity index (χ1v) is 14.5. The monoisotopic (exact) mass is 532 g/mol. The van der Waals surface area contributed by atoms with Crippen molar-refractivity contribution in [3.8, 4) is 22.3 Å². The Balaban J connectivity index is 1.36. The fourth-order valence-electron chi connectivity index (χ4n) is 7.59. The van der Waals surface area contributed by atoms with Crippen LogP contribution < -0.4 is 5.46 Å². The number of furan rings is 1. The van der Waals surface area contributed by atoms with Crippen LogP contribution in [-0.4, -0.2) is 18.3 Å². The molecule has 1 aromatic heterocycles. The third kappa shape index (κ3) is 2.77. The van der Waals surface area contributed by atoms with Crippen LogP contribution in [0.2, 0.25) is 0 Å². The average Bonchev–Trinajstić information content (AvgIpc) is 3.65. The van der Waals surface area contributed by atoms with Crippen molar-refractivity contribution >= 4 is 34.5 Å². The van der Waals surface area contributed by atoms with Crippen LogP contribution >= 0.6 is 0 Å². The molecule has 0 N–H and O–H groups in total. The van der Waals surface area contributed by atoms with Crippen molar-refractivity contribution in [1.29, 1.82) is 0 Å². The summed E-state index contributed by atoms with van der Waals surface area (Å²) in [6.07, 6.45) is 0. The van der Waals surface area contributed by atoms with Gasteiger partial charge in [-0.1, -0.05) is 91.0 Å². The van der Waals surface area contributed by atoms with Gasteiger partial charge in [-0.05, 0) is 89.8 Å². The van der Waals surface area contributed by atoms with E-state index in [2.05, 4.69) is 125 Å². The van der Waals surface area contributed by atoms with Gasteiger partial charge in [-0.2, -0.15) is 0 Å². The van der Waals surface area contributed by atoms with Crippen molar-refractivity contribution in [1.82, 2.24) is 0 Å². The van der Waals surface area contributed by atoms with Gasteiger partial charge in [0.05, 0.1) is 16.6 Å². The molecular weight excluding hydrogens is 503 g/mol. The standard InChI is InChI=1S/C37H29BO3/c1-35(2)36(3,4)41-38(40-35)22-17-18-29-26(21-22)23-11-5-8-14-27(23)37(29)28-15-9-6-12-24(28)33-30(37)19-20-32-34(33)25-13-7-10-16-31(25)39-32/h5-21H,1-4H3. The predicted molar refractivity (Wildman–Crippen MR) is 166 cm³/mol. The molecule has 2 aliphatic carbocycles. The van der Waals surface area contributed by atoms with Gasteiger partial charge < -0.3 is 13.7 Å². The zero-order valence-electron chi connectivity index (χ0n) is 23.6. The fourth-order valence-corrected chi connectivity index (χ4v) is 7.59. The normalized spacial score (nSPS) is 20.9. The van der Waals surface area contributed by atoms with Crippen LogP contribution in [0.3, 0.4) is 0 Å². The van der Waals surface area contributed by atoms with E-state index >= 15 is 0 Å². The second kappa shape index (κ2) is 7.58. The smallest absolute Gasteiger partial charge is 0.456 e. The molecule has 4 heteroatoms. The number of rotatable bonds is 1. The van der Waals surface area contributed by atoms with Crippen LogP contribution in [0.4, 0.5) is 0 Å². The fraction of sp³-hybridized carbons (Fsp3) is 0.189. The highest BCUT2D eigenvalue weighted by molar-refractivity contribution is 6.62. The molecule has 0 bridgehead atoms. The first kappa shape index (κ1) is 23.6. The molecular formula is C37H29BO3. The van der Waals surface area contributed by atoms with E-state index in [9.17, 15) is 0 Å². The van der Waals surface area contributed by atoms with E-state index in [4.69, 9.17) is 13.7 Å². The Bertz CT molecular complexity index is 2070. The van der Waals surface area contributed by atoms with Gasteiger partial charge in [-0.3, -0.25) is 0 Å². The van der Waals surface area contributed by atoms with Gasteiger partial charge in [-0.25, -0.2) is 0 Å². The lowest BCUT2D eigenvalue weighted by atomic mass is 9.69. The van der Waals surface area contributed by atoms with E-state index in [0.29, 0.717) is 0 Å². The molecule has 5 aromatic carbocycles. The van der Waals surface area contributed by atoms with Crippen molar-refractivity contribution in [2.75, 3.05) is 0 Å². The van der Waals surface area contributed by atoms with Gasteiger partial charge in [0, 0.05) is 10.8 Å². The lowest BCUT2D eigenvalue weighted by Crippen LogP contribution is -2.41. The highest BCUT2D eigenvalue weighted by Gasteiger charge is 2.54. The Morgan fingerprint density at radius 3 is 1.93 bits per heavy atom. The Labute approximate surface area is 239 Å². The average molecular weight is 532 g/mol. The molecule has 41 heavy (non-hydrogen) atoms. The predicted octanol–water partition coefficient (Wildman–Crippen LogP) is 8.23. The molecule has 1 unspecified atom stereocenters. The molecule has 1 saturated heterocycles. The minimum Gasteiger partial charge on any atom is -0.456 e. The lowest BCUT2D eigenvalue weighted by Gasteiger charge is -2.32. The van der Waals surface area contributed by atoms with Crippen LogP contribution in [0.5, 0.6) is 0 Å². The van der Waals surface area contributed by atoms with Crippen LogP contribution in [0, 0.1) is 0 Å². The second-order valence-corrected chi connectivity index (χ2v) is 12.7. The van der Waals surface area contributed by atoms with E-state index in [1.54, 1.807) is 0 Å². The van der Waals surface area contributed by atoms with Crippen LogP contribution in [0.25, 0.3) is 44.2 Å². The Morgan fingerprint density at radius 1 is 0.537 bits per heavy atom. The summed E-state index contributed by atoms with van der Waals surface area (Å²) in [4.78, 5) is 0. The van der Waals surface area contributed by atoms with Crippen LogP contribution in [-0.2, 0) is 14.7 Å². The molecule has 1 fully saturated rings. The molecule has 3 nitrogen and oxygen atoms in total. The maximum Gasteiger partial charge on any atom is 0.494 e. The van der Waals surface area contributed by atoms with Crippen molar-refractivity contribution in [3.05, 3.63) is 125 Å². The molecule has 198 valence electrons. The number of benzene rings is 5. The molecule has 0 radical (unpaired) electrons. The Morgan fingerprint density at radius 2 is 1.15 bits per heavy atom. The third-order valence-electron chi connectivity index (χ3n) is 10.1. The van der Waals surface area contributed by atoms with Crippen molar-refractivity contribution in [2.24, 2.45) is 0 Å². The molecule has 2 heterocycles. The third-order valence-corrected chi connectivity index (χ3v) is 10.1. The summed E-state index contributed by atoms with van der Waals surface area (Å²) in [5.74, 6) is 0. The summed E-state index contributed by atoms with van der Waals surface area (Å²) in [5, 5.41) is 2.36. The Hall–Kier alpha value is -4.12. The van der Waals surface area contributed by atoms with Gasteiger partial charge in [-0.15, -0.1) is 0 Å². The minimum absolute atomic E-state index is 0.391. The molecule has 3 aliphatic rings. The number of fused-ring (bicyclic) bond motifs is 14. The molecule has 1 atom stereocenters. The zero-order chi connectivity index (χ0) is 27.7. The minimum atomic E-state index is -0.418. The molecule has 0 saturated carbocycles. The maximum atomic E-state index is 6.47. The second-order valence-electron chi connectivity index (χ2n) is 12.7. The van der Waals surface area contributed by atoms with E-state index in [-0.39, 0.29) is 0 Å². The van der Waals surface area contributed by atoms with Gasteiger partial charge >= 0.3 is 7.12 Å². The van der Waals surface area contributed by atoms with Crippen LogP contribution in [0.1, 0.15) is 49.9 Å². The van der Waals surface area contributed by atoms with Crippen molar-refractivity contribution < 1.29 is 13.7 Å². The van der Waals surface area contributed by atoms with E-state index in [1.807, 2.05) is 6.07 Å². The number of hydrogen-bond donors (Lipinski definition) is 0. The summed E-state index contributed by atoms with van der Waals surface area (Å²) in [5.41, 5.74) is 12.0. The molecule has 6 aromatic rings. The highest BCUT2D eigenvalue weighted by atomic mass is 16.7. The molecule has 1 spiro atoms. The van der Waals surface area contributed by atoms with Gasteiger partial charge in [0.1, 0.15) is 11.2 Å². The molecule has 9 rings (SSSR count). The van der Waals surface area contributed by atoms with Crippen molar-refractivity contribution in [2.45, 2.75) is 44.3 Å². The van der Waals surface area contributed by atoms with E-state index in [1.165, 1.54) is 49.9 Å². The van der Waals surface area contributed by atoms with E-state index < -0.39 is 23.7 Å². The van der Waals surface area contributed by atoms with Crippen LogP contribution in [0.15, 0.2) is 108 Å². The quantitative estimate of drug-likeness (QED) is 0.200. The first-order chi connectivity index (χ1) is 19.8. The summed E-state index contributed by atoms with van der Waals surface area (Å²) in [7, 11) is -0.408. The Kier molecular flexibility index (Phi) is 4.36. The summed E-state index contributed by atoms with van der Waals surface area (Å²) < 4.78 is 19.3. The summed E-state index contributed by atoms with van der Waals surface area (Å²) >= 11 is 0. The van der Waals surface area contributed by atoms with Crippen molar-refractivity contribution in [3.63, 3.8) is 0 Å². The first-order valence-electron chi connectivity index (χ1n) is 14.5. The summed E-state index contributed by atoms with van der Waals surface area (Å²) in [6, 6.07) is 37.5. The maximum absolute atomic E-state index is 6.47. The SMILES string of the molecule is CC1(C)OB(c2ccc3c(c2)-c2ccccc2C32c3ccccc3-c3c2ccc2oc4ccccc4c32)OC1(C)C. The lowest BCUT2D eigenvalue weighted by molar-refractivity contribution is 0.00578. The van der Waals surface area contributed by atoms with Gasteiger partial charge in [0.2, 0.25) is 0 Å². The topological polar surface area (TPSA) is 31.6 Å².